The molecule has 1 aliphatic rings. The topological polar surface area (TPSA) is 21.3 Å². The maximum absolute atomic E-state index is 5.15. The monoisotopic (exact) mass is 199 g/mol. The Hall–Kier alpha value is -0.0800. The smallest absolute Gasteiger partial charge is 0.0613 e. The molecule has 2 unspecified atom stereocenters. The van der Waals surface area contributed by atoms with Gasteiger partial charge in [0.05, 0.1) is 6.61 Å². The van der Waals surface area contributed by atoms with Gasteiger partial charge in [-0.25, -0.2) is 0 Å². The molecule has 0 aromatic carbocycles. The van der Waals surface area contributed by atoms with Gasteiger partial charge in [-0.3, -0.25) is 0 Å². The van der Waals surface area contributed by atoms with Crippen molar-refractivity contribution >= 4 is 0 Å². The van der Waals surface area contributed by atoms with E-state index in [1.54, 1.807) is 7.11 Å². The zero-order valence-electron chi connectivity index (χ0n) is 10.1. The molecule has 1 rings (SSSR count). The second-order valence-corrected chi connectivity index (χ2v) is 5.31. The lowest BCUT2D eigenvalue weighted by Crippen LogP contribution is -2.48. The molecule has 0 amide bonds. The van der Waals surface area contributed by atoms with E-state index < -0.39 is 0 Å². The van der Waals surface area contributed by atoms with Crippen LogP contribution in [0.3, 0.4) is 0 Å². The predicted molar refractivity (Wildman–Crippen MR) is 60.5 cm³/mol. The zero-order valence-corrected chi connectivity index (χ0v) is 10.1. The molecule has 0 saturated heterocycles. The zero-order chi connectivity index (χ0) is 10.6. The molecular formula is C12H25NO. The highest BCUT2D eigenvalue weighted by Crippen LogP contribution is 2.35. The van der Waals surface area contributed by atoms with Crippen LogP contribution < -0.4 is 5.32 Å². The Morgan fingerprint density at radius 2 is 2.14 bits per heavy atom. The molecule has 1 fully saturated rings. The molecule has 84 valence electrons. The molecule has 1 N–H and O–H groups in total. The van der Waals surface area contributed by atoms with E-state index in [1.165, 1.54) is 25.7 Å². The summed E-state index contributed by atoms with van der Waals surface area (Å²) in [6.45, 7) is 7.77. The van der Waals surface area contributed by atoms with E-state index in [-0.39, 0.29) is 0 Å². The Bertz CT molecular complexity index is 168. The lowest BCUT2D eigenvalue weighted by Gasteiger charge is -2.40. The first-order valence-electron chi connectivity index (χ1n) is 5.81. The summed E-state index contributed by atoms with van der Waals surface area (Å²) in [5, 5.41) is 3.68. The van der Waals surface area contributed by atoms with Crippen LogP contribution in [0.4, 0.5) is 0 Å². The van der Waals surface area contributed by atoms with E-state index in [9.17, 15) is 0 Å². The molecule has 0 heterocycles. The van der Waals surface area contributed by atoms with E-state index >= 15 is 0 Å². The van der Waals surface area contributed by atoms with Crippen molar-refractivity contribution in [2.24, 2.45) is 5.41 Å². The maximum atomic E-state index is 5.15. The van der Waals surface area contributed by atoms with Crippen LogP contribution in [0.5, 0.6) is 0 Å². The first-order valence-corrected chi connectivity index (χ1v) is 5.81. The summed E-state index contributed by atoms with van der Waals surface area (Å²) in [6.07, 6.45) is 5.44. The highest BCUT2D eigenvalue weighted by atomic mass is 16.5. The molecule has 0 aromatic rings. The van der Waals surface area contributed by atoms with Crippen LogP contribution in [-0.4, -0.2) is 25.8 Å². The van der Waals surface area contributed by atoms with Gasteiger partial charge in [0.25, 0.3) is 0 Å². The molecule has 0 radical (unpaired) electrons. The van der Waals surface area contributed by atoms with Gasteiger partial charge < -0.3 is 10.1 Å². The summed E-state index contributed by atoms with van der Waals surface area (Å²) in [7, 11) is 1.77. The van der Waals surface area contributed by atoms with Crippen molar-refractivity contribution in [3.8, 4) is 0 Å². The fraction of sp³-hybridized carbons (Fsp3) is 1.00. The van der Waals surface area contributed by atoms with Gasteiger partial charge in [0.15, 0.2) is 0 Å². The van der Waals surface area contributed by atoms with Crippen LogP contribution in [-0.2, 0) is 4.74 Å². The molecule has 0 spiro atoms. The van der Waals surface area contributed by atoms with Crippen molar-refractivity contribution in [2.45, 2.75) is 58.5 Å². The third-order valence-corrected chi connectivity index (χ3v) is 3.41. The van der Waals surface area contributed by atoms with Crippen molar-refractivity contribution in [1.82, 2.24) is 5.32 Å². The minimum atomic E-state index is 0.459. The lowest BCUT2D eigenvalue weighted by atomic mass is 9.73. The number of hydrogen-bond acceptors (Lipinski definition) is 2. The van der Waals surface area contributed by atoms with Gasteiger partial charge in [0.2, 0.25) is 0 Å². The van der Waals surface area contributed by atoms with Crippen molar-refractivity contribution in [3.05, 3.63) is 0 Å². The van der Waals surface area contributed by atoms with Gasteiger partial charge in [-0.1, -0.05) is 26.7 Å². The summed E-state index contributed by atoms with van der Waals surface area (Å²) >= 11 is 0. The minimum Gasteiger partial charge on any atom is -0.383 e. The Labute approximate surface area is 88.4 Å². The van der Waals surface area contributed by atoms with Crippen LogP contribution in [0.1, 0.15) is 46.5 Å². The molecule has 2 nitrogen and oxygen atoms in total. The number of nitrogens with one attached hydrogen (secondary N) is 1. The van der Waals surface area contributed by atoms with E-state index in [0.29, 0.717) is 17.5 Å². The molecular weight excluding hydrogens is 174 g/mol. The number of methoxy groups -OCH3 is 1. The fourth-order valence-corrected chi connectivity index (χ4v) is 2.44. The molecule has 1 aliphatic carbocycles. The van der Waals surface area contributed by atoms with Gasteiger partial charge in [-0.2, -0.15) is 0 Å². The minimum absolute atomic E-state index is 0.459. The van der Waals surface area contributed by atoms with Crippen molar-refractivity contribution in [3.63, 3.8) is 0 Å². The second-order valence-electron chi connectivity index (χ2n) is 5.31. The largest absolute Gasteiger partial charge is 0.383 e. The highest BCUT2D eigenvalue weighted by molar-refractivity contribution is 4.89. The third kappa shape index (κ3) is 3.25. The number of rotatable bonds is 4. The Morgan fingerprint density at radius 3 is 2.71 bits per heavy atom. The summed E-state index contributed by atoms with van der Waals surface area (Å²) in [5.41, 5.74) is 0.459. The van der Waals surface area contributed by atoms with E-state index in [2.05, 4.69) is 26.1 Å². The van der Waals surface area contributed by atoms with Crippen LogP contribution in [0.25, 0.3) is 0 Å². The molecule has 2 heteroatoms. The maximum Gasteiger partial charge on any atom is 0.0613 e. The normalized spacial score (nSPS) is 28.7. The lowest BCUT2D eigenvalue weighted by molar-refractivity contribution is 0.120. The summed E-state index contributed by atoms with van der Waals surface area (Å²) in [4.78, 5) is 0. The molecule has 1 saturated carbocycles. The second kappa shape index (κ2) is 5.13. The number of ether oxygens (including phenoxy) is 1. The van der Waals surface area contributed by atoms with Crippen LogP contribution in [0, 0.1) is 5.41 Å². The Balaban J connectivity index is 2.41. The SMILES string of the molecule is COCC(C)NC1CCCCC1(C)C. The van der Waals surface area contributed by atoms with E-state index in [4.69, 9.17) is 4.74 Å². The Morgan fingerprint density at radius 1 is 1.43 bits per heavy atom. The van der Waals surface area contributed by atoms with Gasteiger partial charge >= 0.3 is 0 Å². The van der Waals surface area contributed by atoms with Crippen molar-refractivity contribution < 1.29 is 4.74 Å². The first-order chi connectivity index (χ1) is 6.56. The van der Waals surface area contributed by atoms with Crippen LogP contribution >= 0.6 is 0 Å². The van der Waals surface area contributed by atoms with Crippen molar-refractivity contribution in [1.29, 1.82) is 0 Å². The number of hydrogen-bond donors (Lipinski definition) is 1. The molecule has 0 aliphatic heterocycles. The van der Waals surface area contributed by atoms with E-state index in [0.717, 1.165) is 6.61 Å². The standard InChI is InChI=1S/C12H25NO/c1-10(9-14-4)13-11-7-5-6-8-12(11,2)3/h10-11,13H,5-9H2,1-4H3. The molecule has 14 heavy (non-hydrogen) atoms. The quantitative estimate of drug-likeness (QED) is 0.751. The average Bonchev–Trinajstić information content (AvgIpc) is 2.09. The van der Waals surface area contributed by atoms with E-state index in [1.807, 2.05) is 0 Å². The van der Waals surface area contributed by atoms with Crippen molar-refractivity contribution in [2.75, 3.05) is 13.7 Å². The molecule has 0 bridgehead atoms. The van der Waals surface area contributed by atoms with Crippen LogP contribution in [0.2, 0.25) is 0 Å². The van der Waals surface area contributed by atoms with Gasteiger partial charge in [0.1, 0.15) is 0 Å². The van der Waals surface area contributed by atoms with Gasteiger partial charge in [-0.05, 0) is 25.2 Å². The fourth-order valence-electron chi connectivity index (χ4n) is 2.44. The van der Waals surface area contributed by atoms with Gasteiger partial charge in [0, 0.05) is 19.2 Å². The first kappa shape index (κ1) is 12.0. The Kier molecular flexibility index (Phi) is 4.39. The highest BCUT2D eigenvalue weighted by Gasteiger charge is 2.32. The summed E-state index contributed by atoms with van der Waals surface area (Å²) in [5.74, 6) is 0. The average molecular weight is 199 g/mol. The summed E-state index contributed by atoms with van der Waals surface area (Å²) in [6, 6.07) is 1.14. The third-order valence-electron chi connectivity index (χ3n) is 3.41. The molecule has 2 atom stereocenters. The van der Waals surface area contributed by atoms with Crippen LogP contribution in [0.15, 0.2) is 0 Å². The summed E-state index contributed by atoms with van der Waals surface area (Å²) < 4.78 is 5.15. The predicted octanol–water partition coefficient (Wildman–Crippen LogP) is 2.58. The van der Waals surface area contributed by atoms with Gasteiger partial charge in [-0.15, -0.1) is 0 Å². The molecule has 0 aromatic heterocycles.